The van der Waals surface area contributed by atoms with Crippen molar-refractivity contribution in [1.82, 2.24) is 4.90 Å². The fourth-order valence-electron chi connectivity index (χ4n) is 5.02. The van der Waals surface area contributed by atoms with Gasteiger partial charge in [0.25, 0.3) is 5.91 Å². The van der Waals surface area contributed by atoms with Crippen molar-refractivity contribution >= 4 is 17.5 Å². The zero-order valence-corrected chi connectivity index (χ0v) is 15.7. The fourth-order valence-corrected chi connectivity index (χ4v) is 5.25. The standard InChI is InChI=1S/C22H24ClNO2/c1-15-11-17(23)7-9-19(15)21(26)24-18-8-10-20(24)22(13-18,14-25)12-16-5-3-2-4-6-16/h2-7,9,11,18,20,25H,8,10,12-14H2,1H3/t18-,20+,22-/m0/s1. The number of carbonyl (C=O) groups excluding carboxylic acids is 1. The molecule has 1 amide bonds. The molecule has 2 heterocycles. The average molecular weight is 370 g/mol. The molecular formula is C22H24ClNO2. The summed E-state index contributed by atoms with van der Waals surface area (Å²) in [5.41, 5.74) is 2.62. The maximum Gasteiger partial charge on any atom is 0.254 e. The van der Waals surface area contributed by atoms with Crippen molar-refractivity contribution in [3.8, 4) is 0 Å². The van der Waals surface area contributed by atoms with Gasteiger partial charge < -0.3 is 10.0 Å². The first-order valence-corrected chi connectivity index (χ1v) is 9.65. The van der Waals surface area contributed by atoms with Crippen LogP contribution in [0, 0.1) is 12.3 Å². The number of nitrogens with zero attached hydrogens (tertiary/aromatic N) is 1. The van der Waals surface area contributed by atoms with E-state index in [0.29, 0.717) is 5.02 Å². The van der Waals surface area contributed by atoms with Gasteiger partial charge in [-0.2, -0.15) is 0 Å². The zero-order chi connectivity index (χ0) is 18.3. The Labute approximate surface area is 159 Å². The third-order valence-electron chi connectivity index (χ3n) is 6.22. The summed E-state index contributed by atoms with van der Waals surface area (Å²) in [6.45, 7) is 2.05. The summed E-state index contributed by atoms with van der Waals surface area (Å²) in [4.78, 5) is 15.3. The van der Waals surface area contributed by atoms with E-state index < -0.39 is 0 Å². The summed E-state index contributed by atoms with van der Waals surface area (Å²) in [5, 5.41) is 11.0. The molecule has 2 aromatic carbocycles. The largest absolute Gasteiger partial charge is 0.396 e. The predicted molar refractivity (Wildman–Crippen MR) is 103 cm³/mol. The number of hydrogen-bond acceptors (Lipinski definition) is 2. The van der Waals surface area contributed by atoms with Crippen LogP contribution in [0.5, 0.6) is 0 Å². The number of aliphatic hydroxyl groups is 1. The lowest BCUT2D eigenvalue weighted by molar-refractivity contribution is 0.0570. The Morgan fingerprint density at radius 2 is 2.00 bits per heavy atom. The van der Waals surface area contributed by atoms with Gasteiger partial charge in [0.2, 0.25) is 0 Å². The number of rotatable bonds is 4. The van der Waals surface area contributed by atoms with Gasteiger partial charge in [0.1, 0.15) is 0 Å². The quantitative estimate of drug-likeness (QED) is 0.875. The normalized spacial score (nSPS) is 27.1. The Morgan fingerprint density at radius 1 is 1.23 bits per heavy atom. The molecule has 0 aliphatic carbocycles. The molecule has 0 spiro atoms. The first kappa shape index (κ1) is 17.6. The van der Waals surface area contributed by atoms with Crippen LogP contribution in [0.2, 0.25) is 5.02 Å². The van der Waals surface area contributed by atoms with Crippen molar-refractivity contribution in [3.05, 3.63) is 70.2 Å². The van der Waals surface area contributed by atoms with Gasteiger partial charge in [0.05, 0.1) is 6.61 Å². The number of carbonyl (C=O) groups is 1. The smallest absolute Gasteiger partial charge is 0.254 e. The molecule has 3 atom stereocenters. The Kier molecular flexibility index (Phi) is 4.54. The molecule has 26 heavy (non-hydrogen) atoms. The first-order valence-electron chi connectivity index (χ1n) is 9.28. The minimum atomic E-state index is -0.236. The van der Waals surface area contributed by atoms with E-state index in [0.717, 1.165) is 36.8 Å². The highest BCUT2D eigenvalue weighted by Gasteiger charge is 2.57. The van der Waals surface area contributed by atoms with Crippen molar-refractivity contribution in [2.75, 3.05) is 6.61 Å². The van der Waals surface area contributed by atoms with Crippen LogP contribution in [0.4, 0.5) is 0 Å². The molecule has 0 radical (unpaired) electrons. The van der Waals surface area contributed by atoms with Crippen molar-refractivity contribution < 1.29 is 9.90 Å². The van der Waals surface area contributed by atoms with Crippen LogP contribution in [0.15, 0.2) is 48.5 Å². The Hall–Kier alpha value is -1.84. The summed E-state index contributed by atoms with van der Waals surface area (Å²) >= 11 is 6.05. The van der Waals surface area contributed by atoms with E-state index in [9.17, 15) is 9.90 Å². The molecule has 1 N–H and O–H groups in total. The van der Waals surface area contributed by atoms with E-state index in [1.807, 2.05) is 37.3 Å². The predicted octanol–water partition coefficient (Wildman–Crippen LogP) is 4.25. The van der Waals surface area contributed by atoms with E-state index in [1.54, 1.807) is 6.07 Å². The third-order valence-corrected chi connectivity index (χ3v) is 6.45. The lowest BCUT2D eigenvalue weighted by Crippen LogP contribution is -2.44. The average Bonchev–Trinajstić information content (AvgIpc) is 3.18. The van der Waals surface area contributed by atoms with Crippen LogP contribution < -0.4 is 0 Å². The fraction of sp³-hybridized carbons (Fsp3) is 0.409. The van der Waals surface area contributed by atoms with E-state index in [-0.39, 0.29) is 30.0 Å². The molecule has 3 nitrogen and oxygen atoms in total. The lowest BCUT2D eigenvalue weighted by Gasteiger charge is -2.36. The number of aliphatic hydroxyl groups excluding tert-OH is 1. The monoisotopic (exact) mass is 369 g/mol. The summed E-state index contributed by atoms with van der Waals surface area (Å²) < 4.78 is 0. The van der Waals surface area contributed by atoms with Gasteiger partial charge in [-0.3, -0.25) is 4.79 Å². The van der Waals surface area contributed by atoms with Crippen LogP contribution in [0.1, 0.15) is 40.7 Å². The van der Waals surface area contributed by atoms with Gasteiger partial charge in [-0.05, 0) is 61.9 Å². The molecule has 2 aliphatic rings. The number of halogens is 1. The molecule has 4 heteroatoms. The van der Waals surface area contributed by atoms with Crippen molar-refractivity contribution in [1.29, 1.82) is 0 Å². The molecule has 0 aromatic heterocycles. The second-order valence-electron chi connectivity index (χ2n) is 7.81. The highest BCUT2D eigenvalue weighted by molar-refractivity contribution is 6.30. The Bertz CT molecular complexity index is 822. The van der Waals surface area contributed by atoms with Gasteiger partial charge >= 0.3 is 0 Å². The lowest BCUT2D eigenvalue weighted by atomic mass is 9.70. The summed E-state index contributed by atoms with van der Waals surface area (Å²) in [6, 6.07) is 16.1. The second-order valence-corrected chi connectivity index (χ2v) is 8.24. The zero-order valence-electron chi connectivity index (χ0n) is 15.0. The number of benzene rings is 2. The third kappa shape index (κ3) is 2.83. The van der Waals surface area contributed by atoms with Crippen LogP contribution in [-0.2, 0) is 6.42 Å². The Morgan fingerprint density at radius 3 is 2.69 bits per heavy atom. The molecule has 136 valence electrons. The van der Waals surface area contributed by atoms with Crippen molar-refractivity contribution in [3.63, 3.8) is 0 Å². The van der Waals surface area contributed by atoms with Crippen molar-refractivity contribution in [2.45, 2.75) is 44.7 Å². The number of amides is 1. The van der Waals surface area contributed by atoms with Crippen molar-refractivity contribution in [2.24, 2.45) is 5.41 Å². The van der Waals surface area contributed by atoms with E-state index >= 15 is 0 Å². The van der Waals surface area contributed by atoms with Gasteiger partial charge in [0, 0.05) is 28.1 Å². The molecule has 2 saturated heterocycles. The van der Waals surface area contributed by atoms with Gasteiger partial charge in [-0.1, -0.05) is 41.9 Å². The molecule has 2 bridgehead atoms. The molecule has 0 unspecified atom stereocenters. The summed E-state index contributed by atoms with van der Waals surface area (Å²) in [7, 11) is 0. The number of hydrogen-bond donors (Lipinski definition) is 1. The van der Waals surface area contributed by atoms with Crippen LogP contribution in [0.25, 0.3) is 0 Å². The highest BCUT2D eigenvalue weighted by Crippen LogP contribution is 2.51. The summed E-state index contributed by atoms with van der Waals surface area (Å²) in [5.74, 6) is 0.0788. The van der Waals surface area contributed by atoms with Gasteiger partial charge in [-0.15, -0.1) is 0 Å². The molecular weight excluding hydrogens is 346 g/mol. The minimum Gasteiger partial charge on any atom is -0.396 e. The van der Waals surface area contributed by atoms with Crippen LogP contribution in [0.3, 0.4) is 0 Å². The first-order chi connectivity index (χ1) is 12.5. The van der Waals surface area contributed by atoms with E-state index in [2.05, 4.69) is 17.0 Å². The van der Waals surface area contributed by atoms with Crippen LogP contribution in [-0.4, -0.2) is 34.6 Å². The SMILES string of the molecule is Cc1cc(Cl)ccc1C(=O)N1[C@H]2CC[C@@H]1[C@@](CO)(Cc1ccccc1)C2. The molecule has 2 fully saturated rings. The number of fused-ring (bicyclic) bond motifs is 2. The van der Waals surface area contributed by atoms with E-state index in [1.165, 1.54) is 5.56 Å². The summed E-state index contributed by atoms with van der Waals surface area (Å²) in [6.07, 6.45) is 3.69. The van der Waals surface area contributed by atoms with Gasteiger partial charge in [-0.25, -0.2) is 0 Å². The molecule has 0 saturated carbocycles. The maximum atomic E-state index is 13.3. The molecule has 2 aliphatic heterocycles. The highest BCUT2D eigenvalue weighted by atomic mass is 35.5. The Balaban J connectivity index is 1.64. The second kappa shape index (κ2) is 6.71. The van der Waals surface area contributed by atoms with Crippen LogP contribution >= 0.6 is 11.6 Å². The van der Waals surface area contributed by atoms with Gasteiger partial charge in [0.15, 0.2) is 0 Å². The number of aryl methyl sites for hydroxylation is 1. The maximum absolute atomic E-state index is 13.3. The minimum absolute atomic E-state index is 0.0788. The molecule has 2 aromatic rings. The topological polar surface area (TPSA) is 40.5 Å². The van der Waals surface area contributed by atoms with E-state index in [4.69, 9.17) is 11.6 Å². The molecule has 4 rings (SSSR count).